The van der Waals surface area contributed by atoms with Crippen LogP contribution in [0.25, 0.3) is 0 Å². The van der Waals surface area contributed by atoms with Crippen LogP contribution in [0.1, 0.15) is 41.5 Å². The molecule has 1 aromatic rings. The van der Waals surface area contributed by atoms with Crippen LogP contribution < -0.4 is 16.5 Å². The molecule has 0 spiro atoms. The molecule has 0 heterocycles. The first-order valence-electron chi connectivity index (χ1n) is 7.99. The molecule has 0 atom stereocenters. The van der Waals surface area contributed by atoms with Gasteiger partial charge in [0.2, 0.25) is 0 Å². The van der Waals surface area contributed by atoms with Crippen molar-refractivity contribution >= 4 is 23.8 Å². The van der Waals surface area contributed by atoms with Gasteiger partial charge in [0.05, 0.1) is 28.2 Å². The van der Waals surface area contributed by atoms with Crippen LogP contribution in [-0.4, -0.2) is 40.5 Å². The third-order valence-corrected chi connectivity index (χ3v) is 4.20. The van der Waals surface area contributed by atoms with Crippen LogP contribution in [-0.2, 0) is 4.65 Å². The Kier molecular flexibility index (Phi) is 5.78. The van der Waals surface area contributed by atoms with Gasteiger partial charge >= 0.3 is 6.92 Å². The zero-order valence-electron chi connectivity index (χ0n) is 15.4. The number of nitrogens with one attached hydrogen (secondary N) is 1. The summed E-state index contributed by atoms with van der Waals surface area (Å²) in [6.45, 7) is 12.8. The van der Waals surface area contributed by atoms with E-state index in [2.05, 4.69) is 5.32 Å². The van der Waals surface area contributed by atoms with Crippen molar-refractivity contribution in [3.05, 3.63) is 18.2 Å². The number of aliphatic hydroxyl groups is 2. The van der Waals surface area contributed by atoms with Gasteiger partial charge in [-0.25, -0.2) is 0 Å². The molecule has 0 aliphatic heterocycles. The van der Waals surface area contributed by atoms with Crippen molar-refractivity contribution in [3.63, 3.8) is 0 Å². The lowest BCUT2D eigenvalue weighted by Crippen LogP contribution is -2.52. The molecule has 0 aliphatic rings. The monoisotopic (exact) mass is 322 g/mol. The molecule has 0 aromatic heterocycles. The maximum atomic E-state index is 10.2. The maximum Gasteiger partial charge on any atom is 0.324 e. The minimum absolute atomic E-state index is 0.206. The first-order valence-corrected chi connectivity index (χ1v) is 7.99. The third kappa shape index (κ3) is 5.72. The normalized spacial score (nSPS) is 13.1. The van der Waals surface area contributed by atoms with Crippen LogP contribution in [0.5, 0.6) is 0 Å². The van der Waals surface area contributed by atoms with Gasteiger partial charge in [0.1, 0.15) is 0 Å². The van der Waals surface area contributed by atoms with Crippen molar-refractivity contribution in [3.8, 4) is 0 Å². The molecular formula is C17H31BN2O3. The van der Waals surface area contributed by atoms with Gasteiger partial charge in [-0.2, -0.15) is 0 Å². The van der Waals surface area contributed by atoms with Crippen LogP contribution in [0.3, 0.4) is 0 Å². The number of anilines is 2. The Bertz CT molecular complexity index is 534. The molecule has 0 fully saturated rings. The zero-order valence-corrected chi connectivity index (χ0v) is 15.4. The van der Waals surface area contributed by atoms with Gasteiger partial charge < -0.3 is 25.9 Å². The van der Waals surface area contributed by atoms with E-state index in [1.807, 2.05) is 38.9 Å². The van der Waals surface area contributed by atoms with E-state index in [1.165, 1.54) is 0 Å². The summed E-state index contributed by atoms with van der Waals surface area (Å²) < 4.78 is 6.03. The number of benzene rings is 1. The van der Waals surface area contributed by atoms with Crippen molar-refractivity contribution in [1.29, 1.82) is 0 Å². The summed E-state index contributed by atoms with van der Waals surface area (Å²) in [6.07, 6.45) is 0. The van der Waals surface area contributed by atoms with Crippen LogP contribution in [0.4, 0.5) is 11.4 Å². The Morgan fingerprint density at radius 2 is 1.70 bits per heavy atom. The molecule has 0 aliphatic carbocycles. The molecule has 1 rings (SSSR count). The molecule has 0 radical (unpaired) electrons. The Morgan fingerprint density at radius 3 is 2.13 bits per heavy atom. The van der Waals surface area contributed by atoms with Crippen LogP contribution in [0.2, 0.25) is 6.82 Å². The second-order valence-corrected chi connectivity index (χ2v) is 7.84. The molecule has 0 amide bonds. The molecule has 0 bridgehead atoms. The minimum Gasteiger partial charge on any atom is -0.423 e. The first kappa shape index (κ1) is 19.8. The molecule has 5 N–H and O–H groups in total. The summed E-state index contributed by atoms with van der Waals surface area (Å²) in [7, 11) is 0. The lowest BCUT2D eigenvalue weighted by Gasteiger charge is -2.39. The molecule has 0 saturated carbocycles. The molecule has 1 aromatic carbocycles. The number of hydrogen-bond donors (Lipinski definition) is 4. The van der Waals surface area contributed by atoms with Crippen molar-refractivity contribution < 1.29 is 14.9 Å². The quantitative estimate of drug-likeness (QED) is 0.454. The van der Waals surface area contributed by atoms with E-state index in [1.54, 1.807) is 27.7 Å². The van der Waals surface area contributed by atoms with Gasteiger partial charge in [-0.3, -0.25) is 0 Å². The largest absolute Gasteiger partial charge is 0.423 e. The number of nitrogens with two attached hydrogens (primary N) is 1. The fourth-order valence-corrected chi connectivity index (χ4v) is 1.96. The van der Waals surface area contributed by atoms with E-state index >= 15 is 0 Å². The van der Waals surface area contributed by atoms with E-state index in [0.717, 1.165) is 11.2 Å². The highest BCUT2D eigenvalue weighted by molar-refractivity contribution is 6.66. The Labute approximate surface area is 140 Å². The van der Waals surface area contributed by atoms with Crippen LogP contribution in [0, 0.1) is 0 Å². The lowest BCUT2D eigenvalue weighted by molar-refractivity contribution is -0.0918. The highest BCUT2D eigenvalue weighted by Gasteiger charge is 2.38. The van der Waals surface area contributed by atoms with Gasteiger partial charge in [0.25, 0.3) is 0 Å². The van der Waals surface area contributed by atoms with Crippen LogP contribution in [0.15, 0.2) is 18.2 Å². The Balaban J connectivity index is 2.85. The summed E-state index contributed by atoms with van der Waals surface area (Å²) >= 11 is 0. The summed E-state index contributed by atoms with van der Waals surface area (Å²) in [5.41, 5.74) is 5.95. The van der Waals surface area contributed by atoms with Crippen molar-refractivity contribution in [1.82, 2.24) is 0 Å². The predicted octanol–water partition coefficient (Wildman–Crippen LogP) is 1.85. The predicted molar refractivity (Wildman–Crippen MR) is 98.4 cm³/mol. The second kappa shape index (κ2) is 6.71. The summed E-state index contributed by atoms with van der Waals surface area (Å²) in [6, 6.07) is 5.68. The summed E-state index contributed by atoms with van der Waals surface area (Å²) in [5.74, 6) is 0. The van der Waals surface area contributed by atoms with E-state index in [4.69, 9.17) is 10.4 Å². The molecule has 23 heavy (non-hydrogen) atoms. The van der Waals surface area contributed by atoms with Gasteiger partial charge in [0.15, 0.2) is 0 Å². The molecular weight excluding hydrogens is 291 g/mol. The Morgan fingerprint density at radius 1 is 1.13 bits per heavy atom. The van der Waals surface area contributed by atoms with E-state index in [9.17, 15) is 10.2 Å². The second-order valence-electron chi connectivity index (χ2n) is 7.84. The minimum atomic E-state index is -0.957. The molecule has 130 valence electrons. The number of nitrogen functional groups attached to an aromatic ring is 1. The van der Waals surface area contributed by atoms with Crippen molar-refractivity contribution in [2.24, 2.45) is 0 Å². The highest BCUT2D eigenvalue weighted by atomic mass is 16.5. The van der Waals surface area contributed by atoms with Crippen LogP contribution >= 0.6 is 0 Å². The topological polar surface area (TPSA) is 87.7 Å². The number of rotatable bonds is 7. The zero-order chi connectivity index (χ0) is 18.1. The van der Waals surface area contributed by atoms with Gasteiger partial charge in [-0.1, -0.05) is 12.9 Å². The SMILES string of the molecule is CB(OC(C)(C)C(C)(C)O)c1ccc(NCC(C)(C)O)c(N)c1. The van der Waals surface area contributed by atoms with Gasteiger partial charge in [-0.05, 0) is 59.1 Å². The average Bonchev–Trinajstić information content (AvgIpc) is 2.34. The van der Waals surface area contributed by atoms with E-state index < -0.39 is 16.8 Å². The smallest absolute Gasteiger partial charge is 0.324 e. The molecule has 0 saturated heterocycles. The van der Waals surface area contributed by atoms with Crippen molar-refractivity contribution in [2.75, 3.05) is 17.6 Å². The highest BCUT2D eigenvalue weighted by Crippen LogP contribution is 2.26. The summed E-state index contributed by atoms with van der Waals surface area (Å²) in [4.78, 5) is 0. The van der Waals surface area contributed by atoms with Crippen molar-refractivity contribution in [2.45, 2.75) is 65.2 Å². The molecule has 6 heteroatoms. The fourth-order valence-electron chi connectivity index (χ4n) is 1.96. The van der Waals surface area contributed by atoms with Gasteiger partial charge in [0, 0.05) is 6.54 Å². The Hall–Kier alpha value is -1.24. The van der Waals surface area contributed by atoms with E-state index in [-0.39, 0.29) is 6.92 Å². The maximum absolute atomic E-state index is 10.2. The van der Waals surface area contributed by atoms with Gasteiger partial charge in [-0.15, -0.1) is 0 Å². The number of hydrogen-bond acceptors (Lipinski definition) is 5. The lowest BCUT2D eigenvalue weighted by atomic mass is 9.62. The van der Waals surface area contributed by atoms with E-state index in [0.29, 0.717) is 12.2 Å². The molecule has 0 unspecified atom stereocenters. The summed E-state index contributed by atoms with van der Waals surface area (Å²) in [5, 5.41) is 23.1. The first-order chi connectivity index (χ1) is 10.2. The standard InChI is InChI=1S/C17H31BN2O3/c1-15(2,21)11-20-14-9-8-12(10-13(14)19)18(7)23-17(5,6)16(3,4)22/h8-10,20-22H,11,19H2,1-7H3. The fraction of sp³-hybridized carbons (Fsp3) is 0.647. The third-order valence-electron chi connectivity index (χ3n) is 4.20. The average molecular weight is 322 g/mol. The molecule has 5 nitrogen and oxygen atoms in total.